The van der Waals surface area contributed by atoms with Crippen LogP contribution in [-0.2, 0) is 23.3 Å². The number of pyridine rings is 1. The topological polar surface area (TPSA) is 75.3 Å². The van der Waals surface area contributed by atoms with Gasteiger partial charge < -0.3 is 9.47 Å². The van der Waals surface area contributed by atoms with E-state index in [9.17, 15) is 9.59 Å². The Morgan fingerprint density at radius 2 is 2.00 bits per heavy atom. The first kappa shape index (κ1) is 20.4. The van der Waals surface area contributed by atoms with Gasteiger partial charge in [-0.2, -0.15) is 0 Å². The Balaban J connectivity index is 2.25. The monoisotopic (exact) mass is 397 g/mol. The molecule has 0 amide bonds. The molecule has 2 rings (SSSR count). The van der Waals surface area contributed by atoms with Crippen molar-refractivity contribution in [1.29, 1.82) is 0 Å². The zero-order chi connectivity index (χ0) is 19.5. The molecule has 2 aromatic heterocycles. The van der Waals surface area contributed by atoms with Gasteiger partial charge in [-0.3, -0.25) is 14.2 Å². The van der Waals surface area contributed by atoms with Crippen molar-refractivity contribution in [2.75, 3.05) is 13.7 Å². The third kappa shape index (κ3) is 5.06. The highest BCUT2D eigenvalue weighted by Gasteiger charge is 2.17. The lowest BCUT2D eigenvalue weighted by atomic mass is 10.1. The van der Waals surface area contributed by atoms with E-state index in [2.05, 4.69) is 24.6 Å². The van der Waals surface area contributed by atoms with Crippen LogP contribution in [-0.4, -0.2) is 42.1 Å². The molecule has 0 aliphatic rings. The quantitative estimate of drug-likeness (QED) is 0.310. The summed E-state index contributed by atoms with van der Waals surface area (Å²) in [4.78, 5) is 28.4. The lowest BCUT2D eigenvalue weighted by Gasteiger charge is -2.16. The second-order valence-corrected chi connectivity index (χ2v) is 13.2. The molecule has 0 saturated heterocycles. The van der Waals surface area contributed by atoms with Crippen molar-refractivity contribution in [3.63, 3.8) is 0 Å². The second-order valence-electron chi connectivity index (χ2n) is 7.21. The first-order valence-electron chi connectivity index (χ1n) is 8.23. The molecular weight excluding hydrogens is 374 g/mol. The van der Waals surface area contributed by atoms with Crippen LogP contribution in [0.25, 0.3) is 11.3 Å². The Labute approximate surface area is 158 Å². The first-order valence-corrected chi connectivity index (χ1v) is 12.3. The van der Waals surface area contributed by atoms with Gasteiger partial charge in [-0.15, -0.1) is 0 Å². The molecule has 0 saturated carbocycles. The third-order valence-electron chi connectivity index (χ3n) is 3.90. The van der Waals surface area contributed by atoms with E-state index in [4.69, 9.17) is 21.1 Å². The van der Waals surface area contributed by atoms with E-state index in [-0.39, 0.29) is 23.0 Å². The standard InChI is InChI=1S/C17H24ClN3O4Si/c1-20-16(22)13(10-21(20)11-25-6-7-26(3,4)5)14-8-12(17(23)24-2)9-15(18)19-14/h8-10H,6-7,11H2,1-5H3. The summed E-state index contributed by atoms with van der Waals surface area (Å²) in [5, 5.41) is 0.115. The van der Waals surface area contributed by atoms with Crippen molar-refractivity contribution < 1.29 is 14.3 Å². The maximum Gasteiger partial charge on any atom is 0.338 e. The minimum Gasteiger partial charge on any atom is -0.465 e. The average molecular weight is 398 g/mol. The highest BCUT2D eigenvalue weighted by molar-refractivity contribution is 6.76. The van der Waals surface area contributed by atoms with Gasteiger partial charge in [0, 0.05) is 27.9 Å². The van der Waals surface area contributed by atoms with Gasteiger partial charge in [0.05, 0.1) is 23.9 Å². The fourth-order valence-electron chi connectivity index (χ4n) is 2.29. The molecule has 0 aliphatic heterocycles. The molecule has 0 unspecified atom stereocenters. The minimum absolute atomic E-state index is 0.115. The summed E-state index contributed by atoms with van der Waals surface area (Å²) in [7, 11) is 1.77. The first-order chi connectivity index (χ1) is 12.1. The fraction of sp³-hybridized carbons (Fsp3) is 0.471. The molecule has 9 heteroatoms. The maximum atomic E-state index is 12.5. The average Bonchev–Trinajstić information content (AvgIpc) is 2.85. The van der Waals surface area contributed by atoms with Crippen LogP contribution in [0.15, 0.2) is 23.1 Å². The number of aromatic nitrogens is 3. The third-order valence-corrected chi connectivity index (χ3v) is 5.80. The molecular formula is C17H24ClN3O4Si. The van der Waals surface area contributed by atoms with Gasteiger partial charge in [-0.1, -0.05) is 31.2 Å². The molecule has 26 heavy (non-hydrogen) atoms. The molecule has 2 heterocycles. The molecule has 0 atom stereocenters. The van der Waals surface area contributed by atoms with Gasteiger partial charge in [0.25, 0.3) is 5.56 Å². The number of methoxy groups -OCH3 is 1. The lowest BCUT2D eigenvalue weighted by molar-refractivity contribution is 0.0600. The summed E-state index contributed by atoms with van der Waals surface area (Å²) < 4.78 is 13.5. The Bertz CT molecular complexity index is 855. The largest absolute Gasteiger partial charge is 0.465 e. The smallest absolute Gasteiger partial charge is 0.338 e. The van der Waals surface area contributed by atoms with Crippen LogP contribution in [0.5, 0.6) is 0 Å². The van der Waals surface area contributed by atoms with Crippen LogP contribution < -0.4 is 5.56 Å². The van der Waals surface area contributed by atoms with E-state index >= 15 is 0 Å². The van der Waals surface area contributed by atoms with E-state index < -0.39 is 14.0 Å². The summed E-state index contributed by atoms with van der Waals surface area (Å²) in [6.45, 7) is 7.76. The summed E-state index contributed by atoms with van der Waals surface area (Å²) in [6.07, 6.45) is 1.65. The molecule has 0 bridgehead atoms. The molecule has 7 nitrogen and oxygen atoms in total. The van der Waals surface area contributed by atoms with Crippen LogP contribution in [0.3, 0.4) is 0 Å². The molecule has 142 valence electrons. The number of rotatable bonds is 7. The van der Waals surface area contributed by atoms with Crippen LogP contribution in [0.2, 0.25) is 30.8 Å². The Hall–Kier alpha value is -1.90. The fourth-order valence-corrected chi connectivity index (χ4v) is 3.25. The predicted molar refractivity (Wildman–Crippen MR) is 103 cm³/mol. The van der Waals surface area contributed by atoms with Crippen LogP contribution in [0.4, 0.5) is 0 Å². The zero-order valence-electron chi connectivity index (χ0n) is 15.7. The van der Waals surface area contributed by atoms with Crippen molar-refractivity contribution in [2.45, 2.75) is 32.4 Å². The number of ether oxygens (including phenoxy) is 2. The summed E-state index contributed by atoms with van der Waals surface area (Å²) in [5.74, 6) is -0.540. The molecule has 0 aliphatic carbocycles. The summed E-state index contributed by atoms with van der Waals surface area (Å²) >= 11 is 5.99. The highest BCUT2D eigenvalue weighted by atomic mass is 35.5. The zero-order valence-corrected chi connectivity index (χ0v) is 17.5. The SMILES string of the molecule is COC(=O)c1cc(Cl)nc(-c2cn(COCC[Si](C)(C)C)n(C)c2=O)c1. The van der Waals surface area contributed by atoms with Gasteiger partial charge in [0.1, 0.15) is 11.9 Å². The number of carbonyl (C=O) groups excluding carboxylic acids is 1. The van der Waals surface area contributed by atoms with Crippen LogP contribution in [0, 0.1) is 0 Å². The second kappa shape index (κ2) is 8.19. The number of hydrogen-bond donors (Lipinski definition) is 0. The Morgan fingerprint density at radius 3 is 2.62 bits per heavy atom. The Morgan fingerprint density at radius 1 is 1.31 bits per heavy atom. The summed E-state index contributed by atoms with van der Waals surface area (Å²) in [5.41, 5.74) is 0.654. The van der Waals surface area contributed by atoms with Gasteiger partial charge in [0.15, 0.2) is 0 Å². The van der Waals surface area contributed by atoms with Gasteiger partial charge in [-0.05, 0) is 18.2 Å². The number of halogens is 1. The van der Waals surface area contributed by atoms with Crippen molar-refractivity contribution in [1.82, 2.24) is 14.3 Å². The number of carbonyl (C=O) groups is 1. The van der Waals surface area contributed by atoms with Gasteiger partial charge >= 0.3 is 5.97 Å². The van der Waals surface area contributed by atoms with Gasteiger partial charge in [-0.25, -0.2) is 9.78 Å². The summed E-state index contributed by atoms with van der Waals surface area (Å²) in [6, 6.07) is 3.94. The minimum atomic E-state index is -1.17. The number of hydrogen-bond acceptors (Lipinski definition) is 5. The van der Waals surface area contributed by atoms with Crippen LogP contribution in [0.1, 0.15) is 10.4 Å². The van der Waals surface area contributed by atoms with E-state index in [1.807, 2.05) is 0 Å². The maximum absolute atomic E-state index is 12.5. The van der Waals surface area contributed by atoms with Crippen molar-refractivity contribution in [3.8, 4) is 11.3 Å². The van der Waals surface area contributed by atoms with Crippen molar-refractivity contribution in [2.24, 2.45) is 7.05 Å². The molecule has 0 N–H and O–H groups in total. The van der Waals surface area contributed by atoms with Crippen molar-refractivity contribution >= 4 is 25.6 Å². The molecule has 0 spiro atoms. The molecule has 0 aromatic carbocycles. The normalized spacial score (nSPS) is 11.6. The van der Waals surface area contributed by atoms with E-state index in [1.54, 1.807) is 17.9 Å². The molecule has 2 aromatic rings. The molecule has 0 fully saturated rings. The molecule has 0 radical (unpaired) electrons. The lowest BCUT2D eigenvalue weighted by Crippen LogP contribution is -2.24. The van der Waals surface area contributed by atoms with Crippen molar-refractivity contribution in [3.05, 3.63) is 39.4 Å². The van der Waals surface area contributed by atoms with Crippen LogP contribution >= 0.6 is 11.6 Å². The van der Waals surface area contributed by atoms with E-state index in [1.165, 1.54) is 23.9 Å². The van der Waals surface area contributed by atoms with E-state index in [0.29, 0.717) is 17.9 Å². The highest BCUT2D eigenvalue weighted by Crippen LogP contribution is 2.20. The number of nitrogens with zero attached hydrogens (tertiary/aromatic N) is 3. The predicted octanol–water partition coefficient (Wildman–Crippen LogP) is 3.00. The van der Waals surface area contributed by atoms with Gasteiger partial charge in [0.2, 0.25) is 0 Å². The van der Waals surface area contributed by atoms with E-state index in [0.717, 1.165) is 6.04 Å². The number of esters is 1. The Kier molecular flexibility index (Phi) is 6.43.